The summed E-state index contributed by atoms with van der Waals surface area (Å²) in [6.07, 6.45) is 1.30. The van der Waals surface area contributed by atoms with Gasteiger partial charge < -0.3 is 14.5 Å². The number of rotatable bonds is 6. The molecule has 0 bridgehead atoms. The Kier molecular flexibility index (Phi) is 7.06. The number of likely N-dealkylation sites (tertiary alicyclic amines) is 1. The Labute approximate surface area is 166 Å². The number of nitrogens with zero attached hydrogens (tertiary/aromatic N) is 2. The molecule has 2 amide bonds. The summed E-state index contributed by atoms with van der Waals surface area (Å²) in [5.74, 6) is -0.0905. The highest BCUT2D eigenvalue weighted by Gasteiger charge is 2.32. The Morgan fingerprint density at radius 2 is 1.57 bits per heavy atom. The second kappa shape index (κ2) is 9.93. The second-order valence-electron chi connectivity index (χ2n) is 7.15. The largest absolute Gasteiger partial charge is 0.450 e. The van der Waals surface area contributed by atoms with Crippen LogP contribution < -0.4 is 0 Å². The van der Waals surface area contributed by atoms with Crippen LogP contribution in [0.5, 0.6) is 0 Å². The first-order valence-corrected chi connectivity index (χ1v) is 9.95. The van der Waals surface area contributed by atoms with E-state index in [1.54, 1.807) is 11.8 Å². The Hall–Kier alpha value is -2.82. The zero-order chi connectivity index (χ0) is 19.8. The molecule has 2 aromatic carbocycles. The standard InChI is InChI=1S/C23H28N2O3/c1-2-28-23(27)24-15-9-14-21(18-24)22(26)25(16-19-10-5-3-6-11-19)17-20-12-7-4-8-13-20/h3-8,10-13,21H,2,9,14-18H2,1H3. The van der Waals surface area contributed by atoms with Crippen LogP contribution in [0, 0.1) is 5.92 Å². The Morgan fingerprint density at radius 3 is 2.11 bits per heavy atom. The summed E-state index contributed by atoms with van der Waals surface area (Å²) >= 11 is 0. The lowest BCUT2D eigenvalue weighted by Gasteiger charge is -2.34. The lowest BCUT2D eigenvalue weighted by molar-refractivity contribution is -0.138. The number of benzene rings is 2. The molecule has 1 unspecified atom stereocenters. The Morgan fingerprint density at radius 1 is 1.00 bits per heavy atom. The van der Waals surface area contributed by atoms with Crippen molar-refractivity contribution in [1.82, 2.24) is 9.80 Å². The van der Waals surface area contributed by atoms with Crippen LogP contribution in [-0.4, -0.2) is 41.5 Å². The summed E-state index contributed by atoms with van der Waals surface area (Å²) in [5, 5.41) is 0. The number of ether oxygens (including phenoxy) is 1. The van der Waals surface area contributed by atoms with Gasteiger partial charge in [-0.15, -0.1) is 0 Å². The van der Waals surface area contributed by atoms with Crippen molar-refractivity contribution in [2.45, 2.75) is 32.9 Å². The average molecular weight is 380 g/mol. The molecule has 0 saturated carbocycles. The summed E-state index contributed by atoms with van der Waals surface area (Å²) in [4.78, 5) is 29.0. The zero-order valence-corrected chi connectivity index (χ0v) is 16.4. The quantitative estimate of drug-likeness (QED) is 0.759. The normalized spacial score (nSPS) is 16.5. The Balaban J connectivity index is 1.74. The molecule has 3 rings (SSSR count). The first kappa shape index (κ1) is 19.9. The molecular formula is C23H28N2O3. The van der Waals surface area contributed by atoms with E-state index in [1.807, 2.05) is 65.6 Å². The van der Waals surface area contributed by atoms with Gasteiger partial charge >= 0.3 is 6.09 Å². The van der Waals surface area contributed by atoms with E-state index < -0.39 is 0 Å². The van der Waals surface area contributed by atoms with Crippen molar-refractivity contribution in [2.24, 2.45) is 5.92 Å². The molecule has 1 aliphatic heterocycles. The van der Waals surface area contributed by atoms with E-state index in [-0.39, 0.29) is 17.9 Å². The van der Waals surface area contributed by atoms with E-state index in [0.717, 1.165) is 24.0 Å². The molecular weight excluding hydrogens is 352 g/mol. The fourth-order valence-electron chi connectivity index (χ4n) is 3.64. The van der Waals surface area contributed by atoms with Crippen molar-refractivity contribution in [1.29, 1.82) is 0 Å². The maximum absolute atomic E-state index is 13.4. The summed E-state index contributed by atoms with van der Waals surface area (Å²) in [5.41, 5.74) is 2.20. The molecule has 1 saturated heterocycles. The summed E-state index contributed by atoms with van der Waals surface area (Å²) in [6.45, 7) is 4.35. The van der Waals surface area contributed by atoms with Crippen molar-refractivity contribution >= 4 is 12.0 Å². The topological polar surface area (TPSA) is 49.9 Å². The SMILES string of the molecule is CCOC(=O)N1CCCC(C(=O)N(Cc2ccccc2)Cc2ccccc2)C1. The Bertz CT molecular complexity index is 722. The summed E-state index contributed by atoms with van der Waals surface area (Å²) in [7, 11) is 0. The van der Waals surface area contributed by atoms with E-state index in [0.29, 0.717) is 32.8 Å². The van der Waals surface area contributed by atoms with Crippen molar-refractivity contribution in [3.63, 3.8) is 0 Å². The minimum atomic E-state index is -0.322. The van der Waals surface area contributed by atoms with Gasteiger partial charge in [0, 0.05) is 26.2 Å². The van der Waals surface area contributed by atoms with Gasteiger partial charge in [0.2, 0.25) is 5.91 Å². The van der Waals surface area contributed by atoms with Gasteiger partial charge in [0.05, 0.1) is 12.5 Å². The molecule has 0 N–H and O–H groups in total. The van der Waals surface area contributed by atoms with Crippen LogP contribution in [0.2, 0.25) is 0 Å². The molecule has 0 radical (unpaired) electrons. The van der Waals surface area contributed by atoms with Gasteiger partial charge in [0.15, 0.2) is 0 Å². The van der Waals surface area contributed by atoms with Gasteiger partial charge in [-0.2, -0.15) is 0 Å². The highest BCUT2D eigenvalue weighted by atomic mass is 16.6. The minimum Gasteiger partial charge on any atom is -0.450 e. The molecule has 148 valence electrons. The minimum absolute atomic E-state index is 0.0988. The number of hydrogen-bond donors (Lipinski definition) is 0. The number of amides is 2. The van der Waals surface area contributed by atoms with E-state index in [4.69, 9.17) is 4.74 Å². The molecule has 28 heavy (non-hydrogen) atoms. The van der Waals surface area contributed by atoms with Gasteiger partial charge in [-0.25, -0.2) is 4.79 Å². The molecule has 0 aromatic heterocycles. The van der Waals surface area contributed by atoms with E-state index in [1.165, 1.54) is 0 Å². The molecule has 5 nitrogen and oxygen atoms in total. The molecule has 1 heterocycles. The van der Waals surface area contributed by atoms with Crippen molar-refractivity contribution in [2.75, 3.05) is 19.7 Å². The third-order valence-corrected chi connectivity index (χ3v) is 5.04. The third-order valence-electron chi connectivity index (χ3n) is 5.04. The molecule has 1 atom stereocenters. The number of carbonyl (C=O) groups is 2. The predicted molar refractivity (Wildman–Crippen MR) is 108 cm³/mol. The highest BCUT2D eigenvalue weighted by molar-refractivity contribution is 5.80. The molecule has 1 fully saturated rings. The average Bonchev–Trinajstić information content (AvgIpc) is 2.74. The fraction of sp³-hybridized carbons (Fsp3) is 0.391. The van der Waals surface area contributed by atoms with Gasteiger partial charge in [-0.05, 0) is 30.9 Å². The first-order chi connectivity index (χ1) is 13.7. The first-order valence-electron chi connectivity index (χ1n) is 9.95. The molecule has 5 heteroatoms. The molecule has 0 aliphatic carbocycles. The van der Waals surface area contributed by atoms with Crippen LogP contribution in [0.15, 0.2) is 60.7 Å². The lowest BCUT2D eigenvalue weighted by atomic mass is 9.96. The number of piperidine rings is 1. The van der Waals surface area contributed by atoms with Crippen LogP contribution >= 0.6 is 0 Å². The van der Waals surface area contributed by atoms with Gasteiger partial charge in [0.25, 0.3) is 0 Å². The number of hydrogen-bond acceptors (Lipinski definition) is 3. The number of carbonyl (C=O) groups excluding carboxylic acids is 2. The van der Waals surface area contributed by atoms with Crippen molar-refractivity contribution in [3.8, 4) is 0 Å². The maximum Gasteiger partial charge on any atom is 0.409 e. The van der Waals surface area contributed by atoms with E-state index in [9.17, 15) is 9.59 Å². The van der Waals surface area contributed by atoms with Gasteiger partial charge in [-0.1, -0.05) is 60.7 Å². The van der Waals surface area contributed by atoms with Crippen molar-refractivity contribution in [3.05, 3.63) is 71.8 Å². The third kappa shape index (κ3) is 5.35. The maximum atomic E-state index is 13.4. The zero-order valence-electron chi connectivity index (χ0n) is 16.4. The van der Waals surface area contributed by atoms with Gasteiger partial charge in [0.1, 0.15) is 0 Å². The van der Waals surface area contributed by atoms with Crippen LogP contribution in [0.3, 0.4) is 0 Å². The fourth-order valence-corrected chi connectivity index (χ4v) is 3.64. The molecule has 2 aromatic rings. The van der Waals surface area contributed by atoms with Crippen LogP contribution in [0.4, 0.5) is 4.79 Å². The van der Waals surface area contributed by atoms with Crippen LogP contribution in [0.1, 0.15) is 30.9 Å². The van der Waals surface area contributed by atoms with Crippen LogP contribution in [-0.2, 0) is 22.6 Å². The summed E-state index contributed by atoms with van der Waals surface area (Å²) in [6, 6.07) is 20.1. The predicted octanol–water partition coefficient (Wildman–Crippen LogP) is 4.08. The highest BCUT2D eigenvalue weighted by Crippen LogP contribution is 2.22. The second-order valence-corrected chi connectivity index (χ2v) is 7.15. The molecule has 0 spiro atoms. The van der Waals surface area contributed by atoms with E-state index in [2.05, 4.69) is 0 Å². The monoisotopic (exact) mass is 380 g/mol. The van der Waals surface area contributed by atoms with Crippen LogP contribution in [0.25, 0.3) is 0 Å². The summed E-state index contributed by atoms with van der Waals surface area (Å²) < 4.78 is 5.12. The molecule has 1 aliphatic rings. The van der Waals surface area contributed by atoms with Gasteiger partial charge in [-0.3, -0.25) is 4.79 Å². The van der Waals surface area contributed by atoms with Crippen molar-refractivity contribution < 1.29 is 14.3 Å². The smallest absolute Gasteiger partial charge is 0.409 e. The lowest BCUT2D eigenvalue weighted by Crippen LogP contribution is -2.46. The van der Waals surface area contributed by atoms with E-state index >= 15 is 0 Å².